The smallest absolute Gasteiger partial charge is 0.410 e. The number of carbonyl (C=O) groups is 1. The molecular weight excluding hydrogens is 394 g/mol. The molecule has 3 rings (SSSR count). The second kappa shape index (κ2) is 7.06. The third kappa shape index (κ3) is 3.95. The molecule has 0 radical (unpaired) electrons. The average molecular weight is 420 g/mol. The number of hydrogen-bond donors (Lipinski definition) is 0. The van der Waals surface area contributed by atoms with Crippen LogP contribution in [0, 0.1) is 6.92 Å². The second-order valence-corrected chi connectivity index (χ2v) is 8.80. The minimum Gasteiger partial charge on any atom is -0.444 e. The molecule has 1 fully saturated rings. The Morgan fingerprint density at radius 2 is 2.08 bits per heavy atom. The number of halogens is 1. The predicted molar refractivity (Wildman–Crippen MR) is 106 cm³/mol. The highest BCUT2D eigenvalue weighted by molar-refractivity contribution is 9.10. The number of ether oxygens (including phenoxy) is 1. The Kier molecular flexibility index (Phi) is 5.15. The van der Waals surface area contributed by atoms with E-state index >= 15 is 0 Å². The number of benzene rings is 1. The van der Waals surface area contributed by atoms with Gasteiger partial charge in [0.05, 0.1) is 11.7 Å². The molecule has 0 aliphatic carbocycles. The molecule has 0 N–H and O–H groups in total. The average Bonchev–Trinajstić information content (AvgIpc) is 3.11. The number of carbonyl (C=O) groups excluding carboxylic acids is 1. The molecule has 2 heterocycles. The highest BCUT2D eigenvalue weighted by Gasteiger charge is 2.35. The number of aromatic nitrogens is 2. The molecule has 1 atom stereocenters. The van der Waals surface area contributed by atoms with E-state index in [9.17, 15) is 4.79 Å². The van der Waals surface area contributed by atoms with Crippen LogP contribution in [-0.4, -0.2) is 32.7 Å². The van der Waals surface area contributed by atoms with Crippen LogP contribution in [0.15, 0.2) is 28.9 Å². The first kappa shape index (κ1) is 19.0. The Bertz CT molecular complexity index is 823. The summed E-state index contributed by atoms with van der Waals surface area (Å²) >= 11 is 3.51. The minimum absolute atomic E-state index is 0.0423. The molecule has 0 saturated carbocycles. The lowest BCUT2D eigenvalue weighted by atomic mass is 10.1. The molecule has 1 aliphatic heterocycles. The fraction of sp³-hybridized carbons (Fsp3) is 0.500. The lowest BCUT2D eigenvalue weighted by Crippen LogP contribution is -2.37. The van der Waals surface area contributed by atoms with Crippen molar-refractivity contribution in [2.24, 2.45) is 7.05 Å². The molecule has 6 heteroatoms. The van der Waals surface area contributed by atoms with E-state index in [1.165, 1.54) is 5.56 Å². The van der Waals surface area contributed by atoms with Crippen molar-refractivity contribution in [2.45, 2.75) is 52.2 Å². The Hall–Kier alpha value is -1.82. The summed E-state index contributed by atoms with van der Waals surface area (Å²) in [5.41, 5.74) is 2.71. The van der Waals surface area contributed by atoms with E-state index < -0.39 is 5.60 Å². The maximum Gasteiger partial charge on any atom is 0.410 e. The number of aryl methyl sites for hydroxylation is 2. The van der Waals surface area contributed by atoms with Crippen molar-refractivity contribution in [3.8, 4) is 11.3 Å². The monoisotopic (exact) mass is 419 g/mol. The van der Waals surface area contributed by atoms with Crippen LogP contribution in [0.4, 0.5) is 4.79 Å². The van der Waals surface area contributed by atoms with Crippen LogP contribution in [0.25, 0.3) is 11.3 Å². The van der Waals surface area contributed by atoms with Crippen molar-refractivity contribution in [1.29, 1.82) is 0 Å². The number of hydrogen-bond acceptors (Lipinski definition) is 3. The van der Waals surface area contributed by atoms with E-state index in [0.29, 0.717) is 6.54 Å². The standard InChI is InChI=1S/C20H26BrN3O2/c1-13-11-14(21)8-9-15(13)16-12-23(5)18(22-16)17-7-6-10-24(17)19(25)26-20(2,3)4/h8-9,11-12,17H,6-7,10H2,1-5H3. The Labute approximate surface area is 163 Å². The lowest BCUT2D eigenvalue weighted by molar-refractivity contribution is 0.0216. The van der Waals surface area contributed by atoms with Crippen LogP contribution in [0.2, 0.25) is 0 Å². The number of likely N-dealkylation sites (tertiary alicyclic amines) is 1. The minimum atomic E-state index is -0.494. The van der Waals surface area contributed by atoms with Crippen LogP contribution in [-0.2, 0) is 11.8 Å². The van der Waals surface area contributed by atoms with E-state index in [0.717, 1.165) is 34.4 Å². The summed E-state index contributed by atoms with van der Waals surface area (Å²) in [5, 5.41) is 0. The van der Waals surface area contributed by atoms with Crippen LogP contribution < -0.4 is 0 Å². The van der Waals surface area contributed by atoms with Gasteiger partial charge < -0.3 is 9.30 Å². The van der Waals surface area contributed by atoms with Crippen LogP contribution in [0.3, 0.4) is 0 Å². The molecule has 1 aliphatic rings. The highest BCUT2D eigenvalue weighted by atomic mass is 79.9. The van der Waals surface area contributed by atoms with Gasteiger partial charge in [-0.1, -0.05) is 22.0 Å². The number of rotatable bonds is 2. The van der Waals surface area contributed by atoms with Crippen molar-refractivity contribution in [3.05, 3.63) is 40.3 Å². The Morgan fingerprint density at radius 1 is 1.35 bits per heavy atom. The normalized spacial score (nSPS) is 17.6. The molecule has 1 unspecified atom stereocenters. The van der Waals surface area contributed by atoms with Crippen molar-refractivity contribution in [2.75, 3.05) is 6.54 Å². The van der Waals surface area contributed by atoms with Gasteiger partial charge in [-0.3, -0.25) is 4.90 Å². The molecule has 140 valence electrons. The Balaban J connectivity index is 1.89. The zero-order chi connectivity index (χ0) is 19.1. The summed E-state index contributed by atoms with van der Waals surface area (Å²) in [7, 11) is 1.99. The van der Waals surface area contributed by atoms with Crippen LogP contribution in [0.5, 0.6) is 0 Å². The lowest BCUT2D eigenvalue weighted by Gasteiger charge is -2.28. The first-order valence-corrected chi connectivity index (χ1v) is 9.74. The largest absolute Gasteiger partial charge is 0.444 e. The van der Waals surface area contributed by atoms with E-state index in [2.05, 4.69) is 35.0 Å². The fourth-order valence-corrected chi connectivity index (χ4v) is 3.88. The van der Waals surface area contributed by atoms with Crippen LogP contribution >= 0.6 is 15.9 Å². The third-order valence-corrected chi connectivity index (χ3v) is 5.05. The first-order chi connectivity index (χ1) is 12.2. The molecule has 1 aromatic carbocycles. The van der Waals surface area contributed by atoms with Gasteiger partial charge in [-0.15, -0.1) is 0 Å². The summed E-state index contributed by atoms with van der Waals surface area (Å²) in [5.74, 6) is 0.908. The molecule has 1 aromatic heterocycles. The molecule has 0 bridgehead atoms. The van der Waals surface area contributed by atoms with Gasteiger partial charge in [0.2, 0.25) is 0 Å². The van der Waals surface area contributed by atoms with E-state index in [-0.39, 0.29) is 12.1 Å². The number of nitrogens with zero attached hydrogens (tertiary/aromatic N) is 3. The third-order valence-electron chi connectivity index (χ3n) is 4.56. The van der Waals surface area contributed by atoms with Crippen molar-refractivity contribution in [1.82, 2.24) is 14.5 Å². The molecule has 2 aromatic rings. The zero-order valence-corrected chi connectivity index (χ0v) is 17.6. The molecule has 5 nitrogen and oxygen atoms in total. The van der Waals surface area contributed by atoms with Crippen molar-refractivity contribution >= 4 is 22.0 Å². The van der Waals surface area contributed by atoms with Gasteiger partial charge in [-0.25, -0.2) is 9.78 Å². The van der Waals surface area contributed by atoms with Gasteiger partial charge >= 0.3 is 6.09 Å². The topological polar surface area (TPSA) is 47.4 Å². The zero-order valence-electron chi connectivity index (χ0n) is 16.0. The Morgan fingerprint density at radius 3 is 2.73 bits per heavy atom. The molecule has 0 spiro atoms. The maximum atomic E-state index is 12.6. The molecule has 1 amide bonds. The van der Waals surface area contributed by atoms with Crippen molar-refractivity contribution in [3.63, 3.8) is 0 Å². The van der Waals surface area contributed by atoms with Gasteiger partial charge in [0.1, 0.15) is 11.4 Å². The molecular formula is C20H26BrN3O2. The van der Waals surface area contributed by atoms with E-state index in [1.54, 1.807) is 0 Å². The van der Waals surface area contributed by atoms with E-state index in [1.807, 2.05) is 49.5 Å². The van der Waals surface area contributed by atoms with Gasteiger partial charge in [-0.05, 0) is 58.2 Å². The van der Waals surface area contributed by atoms with Gasteiger partial charge in [0.15, 0.2) is 0 Å². The van der Waals surface area contributed by atoms with Gasteiger partial charge in [0, 0.05) is 29.8 Å². The number of imidazole rings is 1. The second-order valence-electron chi connectivity index (χ2n) is 7.89. The van der Waals surface area contributed by atoms with Gasteiger partial charge in [0.25, 0.3) is 0 Å². The fourth-order valence-electron chi connectivity index (χ4n) is 3.41. The van der Waals surface area contributed by atoms with Crippen LogP contribution in [0.1, 0.15) is 51.0 Å². The van der Waals surface area contributed by atoms with Gasteiger partial charge in [-0.2, -0.15) is 0 Å². The number of amides is 1. The molecule has 1 saturated heterocycles. The predicted octanol–water partition coefficient (Wildman–Crippen LogP) is 5.23. The first-order valence-electron chi connectivity index (χ1n) is 8.95. The summed E-state index contributed by atoms with van der Waals surface area (Å²) in [4.78, 5) is 19.3. The highest BCUT2D eigenvalue weighted by Crippen LogP contribution is 2.34. The summed E-state index contributed by atoms with van der Waals surface area (Å²) in [6.07, 6.45) is 3.65. The molecule has 26 heavy (non-hydrogen) atoms. The maximum absolute atomic E-state index is 12.6. The summed E-state index contributed by atoms with van der Waals surface area (Å²) in [6, 6.07) is 6.15. The quantitative estimate of drug-likeness (QED) is 0.669. The summed E-state index contributed by atoms with van der Waals surface area (Å²) in [6.45, 7) is 8.47. The van der Waals surface area contributed by atoms with E-state index in [4.69, 9.17) is 9.72 Å². The SMILES string of the molecule is Cc1cc(Br)ccc1-c1cn(C)c(C2CCCN2C(=O)OC(C)(C)C)n1. The van der Waals surface area contributed by atoms with Crippen molar-refractivity contribution < 1.29 is 9.53 Å². The summed E-state index contributed by atoms with van der Waals surface area (Å²) < 4.78 is 8.67.